The Labute approximate surface area is 201 Å². The van der Waals surface area contributed by atoms with E-state index in [9.17, 15) is 13.2 Å². The Kier molecular flexibility index (Phi) is 6.99. The second-order valence-electron chi connectivity index (χ2n) is 7.14. The van der Waals surface area contributed by atoms with E-state index in [-0.39, 0.29) is 0 Å². The third-order valence-corrected chi connectivity index (χ3v) is 4.70. The van der Waals surface area contributed by atoms with Gasteiger partial charge in [-0.15, -0.1) is 5.10 Å². The summed E-state index contributed by atoms with van der Waals surface area (Å²) in [5.74, 6) is -2.22. The zero-order valence-corrected chi connectivity index (χ0v) is 18.3. The molecule has 0 aliphatic rings. The molecule has 3 heterocycles. The fourth-order valence-electron chi connectivity index (χ4n) is 2.99. The third kappa shape index (κ3) is 6.08. The third-order valence-electron chi connectivity index (χ3n) is 4.70. The van der Waals surface area contributed by atoms with Crippen molar-refractivity contribution in [2.75, 3.05) is 5.32 Å². The van der Waals surface area contributed by atoms with Gasteiger partial charge in [0.15, 0.2) is 0 Å². The fraction of sp³-hybridized carbons (Fsp3) is 0.0435. The Balaban J connectivity index is 0.000000384. The van der Waals surface area contributed by atoms with Gasteiger partial charge in [-0.05, 0) is 42.0 Å². The first-order chi connectivity index (χ1) is 17.3. The highest BCUT2D eigenvalue weighted by atomic mass is 19.4. The molecule has 0 saturated heterocycles. The number of alkyl halides is 3. The largest absolute Gasteiger partial charge is 0.490 e. The highest BCUT2D eigenvalue weighted by Crippen LogP contribution is 2.24. The highest BCUT2D eigenvalue weighted by molar-refractivity contribution is 5.73. The molecule has 0 atom stereocenters. The van der Waals surface area contributed by atoms with Gasteiger partial charge in [0.1, 0.15) is 0 Å². The topological polar surface area (TPSA) is 134 Å². The van der Waals surface area contributed by atoms with Crippen LogP contribution in [0.1, 0.15) is 0 Å². The Morgan fingerprint density at radius 3 is 2.19 bits per heavy atom. The molecule has 0 radical (unpaired) electrons. The number of carboxylic acids is 1. The zero-order chi connectivity index (χ0) is 25.5. The van der Waals surface area contributed by atoms with Gasteiger partial charge in [-0.2, -0.15) is 18.3 Å². The molecule has 0 saturated carbocycles. The van der Waals surface area contributed by atoms with Gasteiger partial charge < -0.3 is 10.4 Å². The second-order valence-corrected chi connectivity index (χ2v) is 7.14. The molecule has 3 N–H and O–H groups in total. The molecule has 0 spiro atoms. The van der Waals surface area contributed by atoms with Crippen molar-refractivity contribution in [2.24, 2.45) is 0 Å². The molecule has 10 nitrogen and oxygen atoms in total. The molecular formula is C23H17F3N8O2. The van der Waals surface area contributed by atoms with Gasteiger partial charge in [0, 0.05) is 23.6 Å². The number of aliphatic carboxylic acids is 1. The summed E-state index contributed by atoms with van der Waals surface area (Å²) in [5, 5.41) is 25.1. The summed E-state index contributed by atoms with van der Waals surface area (Å²) in [4.78, 5) is 17.9. The van der Waals surface area contributed by atoms with Crippen LogP contribution in [-0.4, -0.2) is 52.4 Å². The number of rotatable bonds is 5. The summed E-state index contributed by atoms with van der Waals surface area (Å²) in [6.07, 6.45) is 1.85. The van der Waals surface area contributed by atoms with E-state index in [4.69, 9.17) is 9.90 Å². The number of benzene rings is 2. The summed E-state index contributed by atoms with van der Waals surface area (Å²) < 4.78 is 33.4. The molecule has 5 rings (SSSR count). The molecule has 0 unspecified atom stereocenters. The molecular weight excluding hydrogens is 477 g/mol. The number of aromatic nitrogens is 7. The number of anilines is 2. The monoisotopic (exact) mass is 494 g/mol. The molecule has 182 valence electrons. The second kappa shape index (κ2) is 10.5. The number of H-pyrrole nitrogens is 1. The Morgan fingerprint density at radius 1 is 0.917 bits per heavy atom. The van der Waals surface area contributed by atoms with Gasteiger partial charge in [-0.1, -0.05) is 29.5 Å². The number of hydrogen-bond donors (Lipinski definition) is 3. The van der Waals surface area contributed by atoms with Crippen LogP contribution >= 0.6 is 0 Å². The minimum atomic E-state index is -5.08. The van der Waals surface area contributed by atoms with Gasteiger partial charge in [0.05, 0.1) is 29.5 Å². The van der Waals surface area contributed by atoms with Gasteiger partial charge in [-0.25, -0.2) is 19.4 Å². The smallest absolute Gasteiger partial charge is 0.475 e. The molecule has 5 aromatic rings. The van der Waals surface area contributed by atoms with Crippen LogP contribution in [0.4, 0.5) is 24.8 Å². The minimum Gasteiger partial charge on any atom is -0.475 e. The van der Waals surface area contributed by atoms with Crippen molar-refractivity contribution in [3.05, 3.63) is 85.5 Å². The first-order valence-electron chi connectivity index (χ1n) is 10.3. The van der Waals surface area contributed by atoms with Gasteiger partial charge in [0.25, 0.3) is 0 Å². The maximum absolute atomic E-state index is 10.6. The van der Waals surface area contributed by atoms with E-state index < -0.39 is 12.1 Å². The molecule has 0 fully saturated rings. The Bertz CT molecular complexity index is 1400. The van der Waals surface area contributed by atoms with Crippen LogP contribution in [0, 0.1) is 0 Å². The minimum absolute atomic E-state index is 0.536. The molecule has 0 amide bonds. The van der Waals surface area contributed by atoms with Crippen molar-refractivity contribution >= 4 is 17.6 Å². The van der Waals surface area contributed by atoms with E-state index in [1.807, 2.05) is 60.7 Å². The number of carbonyl (C=O) groups is 1. The lowest BCUT2D eigenvalue weighted by molar-refractivity contribution is -0.192. The fourth-order valence-corrected chi connectivity index (χ4v) is 2.99. The van der Waals surface area contributed by atoms with Crippen LogP contribution in [0.2, 0.25) is 0 Å². The molecule has 36 heavy (non-hydrogen) atoms. The predicted octanol–water partition coefficient (Wildman–Crippen LogP) is 4.49. The van der Waals surface area contributed by atoms with Crippen molar-refractivity contribution in [1.29, 1.82) is 0 Å². The molecule has 0 bridgehead atoms. The number of halogens is 3. The lowest BCUT2D eigenvalue weighted by Gasteiger charge is -2.08. The van der Waals surface area contributed by atoms with Gasteiger partial charge >= 0.3 is 12.1 Å². The first kappa shape index (κ1) is 24.1. The van der Waals surface area contributed by atoms with Crippen molar-refractivity contribution < 1.29 is 23.1 Å². The summed E-state index contributed by atoms with van der Waals surface area (Å²) in [7, 11) is 0. The lowest BCUT2D eigenvalue weighted by atomic mass is 10.1. The van der Waals surface area contributed by atoms with E-state index in [0.29, 0.717) is 5.95 Å². The predicted molar refractivity (Wildman–Crippen MR) is 123 cm³/mol. The zero-order valence-electron chi connectivity index (χ0n) is 18.3. The van der Waals surface area contributed by atoms with Crippen molar-refractivity contribution in [3.8, 4) is 28.2 Å². The van der Waals surface area contributed by atoms with Crippen LogP contribution in [0.25, 0.3) is 28.2 Å². The first-order valence-corrected chi connectivity index (χ1v) is 10.3. The number of nitrogens with zero attached hydrogens (tertiary/aromatic N) is 6. The lowest BCUT2D eigenvalue weighted by Crippen LogP contribution is -2.21. The maximum atomic E-state index is 10.6. The maximum Gasteiger partial charge on any atom is 0.490 e. The van der Waals surface area contributed by atoms with Crippen LogP contribution < -0.4 is 5.32 Å². The summed E-state index contributed by atoms with van der Waals surface area (Å²) in [6.45, 7) is 0. The van der Waals surface area contributed by atoms with Crippen LogP contribution in [-0.2, 0) is 4.79 Å². The standard InChI is InChI=1S/C21H16N8.C2HF3O2/c1-3-16(20-10-12-23-27-20)4-2-15(1)19-9-11-22-21(26-19)25-17-5-7-18(8-6-17)29-14-13-24-28-29;3-2(4,5)1(6)7/h1-14H,(H,23,27)(H,22,25,26);(H,6,7). The number of carboxylic acid groups (broad SMARTS) is 1. The number of nitrogens with one attached hydrogen (secondary N) is 2. The summed E-state index contributed by atoms with van der Waals surface area (Å²) in [5.41, 5.74) is 5.74. The normalized spacial score (nSPS) is 10.9. The molecule has 2 aromatic carbocycles. The number of aromatic amines is 1. The van der Waals surface area contributed by atoms with E-state index in [1.165, 1.54) is 0 Å². The molecule has 0 aliphatic carbocycles. The Hall–Kier alpha value is -5.07. The molecule has 0 aliphatic heterocycles. The van der Waals surface area contributed by atoms with Gasteiger partial charge in [-0.3, -0.25) is 5.10 Å². The van der Waals surface area contributed by atoms with E-state index >= 15 is 0 Å². The molecule has 13 heteroatoms. The van der Waals surface area contributed by atoms with E-state index in [1.54, 1.807) is 29.5 Å². The van der Waals surface area contributed by atoms with Crippen LogP contribution in [0.3, 0.4) is 0 Å². The summed E-state index contributed by atoms with van der Waals surface area (Å²) >= 11 is 0. The van der Waals surface area contributed by atoms with Crippen LogP contribution in [0.5, 0.6) is 0 Å². The van der Waals surface area contributed by atoms with Crippen LogP contribution in [0.15, 0.2) is 85.5 Å². The van der Waals surface area contributed by atoms with Crippen molar-refractivity contribution in [1.82, 2.24) is 35.2 Å². The van der Waals surface area contributed by atoms with Gasteiger partial charge in [0.2, 0.25) is 5.95 Å². The highest BCUT2D eigenvalue weighted by Gasteiger charge is 2.38. The van der Waals surface area contributed by atoms with E-state index in [2.05, 4.69) is 35.8 Å². The quantitative estimate of drug-likeness (QED) is 0.325. The Morgan fingerprint density at radius 2 is 1.61 bits per heavy atom. The SMILES string of the molecule is O=C(O)C(F)(F)F.c1cn(-c2ccc(Nc3nccc(-c4ccc(-c5ccn[nH]5)cc4)n3)cc2)nn1. The van der Waals surface area contributed by atoms with Crippen molar-refractivity contribution in [3.63, 3.8) is 0 Å². The van der Waals surface area contributed by atoms with Crippen molar-refractivity contribution in [2.45, 2.75) is 6.18 Å². The summed E-state index contributed by atoms with van der Waals surface area (Å²) in [6, 6.07) is 19.8. The molecule has 3 aromatic heterocycles. The number of hydrogen-bond acceptors (Lipinski definition) is 7. The van der Waals surface area contributed by atoms with E-state index in [0.717, 1.165) is 33.9 Å². The average Bonchev–Trinajstić information content (AvgIpc) is 3.60. The average molecular weight is 494 g/mol.